The number of aromatic nitrogens is 1. The van der Waals surface area contributed by atoms with Gasteiger partial charge in [-0.25, -0.2) is 0 Å². The second-order valence-electron chi connectivity index (χ2n) is 9.77. The summed E-state index contributed by atoms with van der Waals surface area (Å²) < 4.78 is 2.33. The Hall–Kier alpha value is -5.59. The van der Waals surface area contributed by atoms with E-state index >= 15 is 0 Å². The zero-order valence-electron chi connectivity index (χ0n) is 21.8. The van der Waals surface area contributed by atoms with Gasteiger partial charge in [-0.15, -0.1) is 0 Å². The highest BCUT2D eigenvalue weighted by atomic mass is 15.1. The lowest BCUT2D eigenvalue weighted by molar-refractivity contribution is 1.18. The van der Waals surface area contributed by atoms with Gasteiger partial charge in [-0.3, -0.25) is 0 Å². The molecule has 7 rings (SSSR count). The zero-order chi connectivity index (χ0) is 26.9. The van der Waals surface area contributed by atoms with Gasteiger partial charge >= 0.3 is 0 Å². The van der Waals surface area contributed by atoms with E-state index in [2.05, 4.69) is 125 Å². The van der Waals surface area contributed by atoms with Gasteiger partial charge in [0.25, 0.3) is 0 Å². The Morgan fingerprint density at radius 1 is 0.500 bits per heavy atom. The second kappa shape index (κ2) is 9.94. The molecule has 40 heavy (non-hydrogen) atoms. The van der Waals surface area contributed by atoms with Crippen molar-refractivity contribution in [2.75, 3.05) is 4.90 Å². The van der Waals surface area contributed by atoms with Gasteiger partial charge in [0.2, 0.25) is 0 Å². The molecule has 0 aliphatic heterocycles. The fourth-order valence-electron chi connectivity index (χ4n) is 5.61. The summed E-state index contributed by atoms with van der Waals surface area (Å²) in [7, 11) is 0. The molecule has 0 fully saturated rings. The molecule has 0 saturated heterocycles. The fourth-order valence-corrected chi connectivity index (χ4v) is 5.61. The summed E-state index contributed by atoms with van der Waals surface area (Å²) in [5, 5.41) is 12.0. The predicted octanol–water partition coefficient (Wildman–Crippen LogP) is 9.79. The highest BCUT2D eigenvalue weighted by molar-refractivity contribution is 6.11. The van der Waals surface area contributed by atoms with E-state index in [1.54, 1.807) is 0 Å². The van der Waals surface area contributed by atoms with E-state index in [4.69, 9.17) is 0 Å². The van der Waals surface area contributed by atoms with Gasteiger partial charge in [0, 0.05) is 33.4 Å². The molecular formula is C37H25N3. The van der Waals surface area contributed by atoms with Crippen molar-refractivity contribution in [2.24, 2.45) is 0 Å². The third kappa shape index (κ3) is 4.00. The second-order valence-corrected chi connectivity index (χ2v) is 9.77. The number of hydrogen-bond donors (Lipinski definition) is 0. The number of para-hydroxylation sites is 3. The van der Waals surface area contributed by atoms with Crippen molar-refractivity contribution >= 4 is 38.9 Å². The van der Waals surface area contributed by atoms with Crippen molar-refractivity contribution in [1.29, 1.82) is 5.26 Å². The summed E-state index contributed by atoms with van der Waals surface area (Å²) >= 11 is 0. The first-order valence-corrected chi connectivity index (χ1v) is 13.4. The molecule has 0 unspecified atom stereocenters. The Morgan fingerprint density at radius 3 is 1.77 bits per heavy atom. The van der Waals surface area contributed by atoms with Gasteiger partial charge in [0.1, 0.15) is 0 Å². The largest absolute Gasteiger partial charge is 0.310 e. The molecule has 1 heterocycles. The van der Waals surface area contributed by atoms with Crippen molar-refractivity contribution in [3.63, 3.8) is 0 Å². The SMILES string of the molecule is N#Cc1ccc(-n2c3ccccc3c3cc(N(c4ccccc4)c4ccccc4)ccc32)c(-c2ccccc2)c1. The molecule has 0 aliphatic carbocycles. The highest BCUT2D eigenvalue weighted by Gasteiger charge is 2.19. The Labute approximate surface area is 233 Å². The van der Waals surface area contributed by atoms with Gasteiger partial charge in [-0.1, -0.05) is 84.9 Å². The molecule has 0 saturated carbocycles. The van der Waals surface area contributed by atoms with E-state index in [0.29, 0.717) is 5.56 Å². The molecule has 0 amide bonds. The number of anilines is 3. The normalized spacial score (nSPS) is 11.0. The molecule has 0 spiro atoms. The van der Waals surface area contributed by atoms with Gasteiger partial charge in [-0.2, -0.15) is 5.26 Å². The van der Waals surface area contributed by atoms with Crippen molar-refractivity contribution in [1.82, 2.24) is 4.57 Å². The molecular weight excluding hydrogens is 486 g/mol. The first-order chi connectivity index (χ1) is 19.8. The molecule has 3 nitrogen and oxygen atoms in total. The standard InChI is InChI=1S/C37H25N3/c38-26-27-20-22-36(33(24-27)28-12-4-1-5-13-28)40-35-19-11-10-18-32(35)34-25-31(21-23-37(34)40)39(29-14-6-2-7-15-29)30-16-8-3-9-17-30/h1-25H. The minimum absolute atomic E-state index is 0.645. The Morgan fingerprint density at radius 2 is 1.10 bits per heavy atom. The molecule has 6 aromatic carbocycles. The average molecular weight is 512 g/mol. The van der Waals surface area contributed by atoms with E-state index in [9.17, 15) is 5.26 Å². The Kier molecular flexibility index (Phi) is 5.85. The van der Waals surface area contributed by atoms with E-state index in [-0.39, 0.29) is 0 Å². The maximum Gasteiger partial charge on any atom is 0.0991 e. The number of rotatable bonds is 5. The summed E-state index contributed by atoms with van der Waals surface area (Å²) in [6, 6.07) is 54.8. The minimum Gasteiger partial charge on any atom is -0.310 e. The van der Waals surface area contributed by atoms with Gasteiger partial charge in [0.05, 0.1) is 28.4 Å². The number of benzene rings is 6. The molecule has 0 aliphatic rings. The predicted molar refractivity (Wildman–Crippen MR) is 166 cm³/mol. The highest BCUT2D eigenvalue weighted by Crippen LogP contribution is 2.41. The number of fused-ring (bicyclic) bond motifs is 3. The summed E-state index contributed by atoms with van der Waals surface area (Å²) in [6.45, 7) is 0. The number of hydrogen-bond acceptors (Lipinski definition) is 2. The molecule has 188 valence electrons. The van der Waals surface area contributed by atoms with Crippen molar-refractivity contribution in [3.05, 3.63) is 157 Å². The molecule has 0 N–H and O–H groups in total. The van der Waals surface area contributed by atoms with E-state index < -0.39 is 0 Å². The summed E-state index contributed by atoms with van der Waals surface area (Å²) in [5.74, 6) is 0. The first-order valence-electron chi connectivity index (χ1n) is 13.4. The monoisotopic (exact) mass is 511 g/mol. The van der Waals surface area contributed by atoms with Crippen molar-refractivity contribution < 1.29 is 0 Å². The molecule has 0 bridgehead atoms. The smallest absolute Gasteiger partial charge is 0.0991 e. The third-order valence-electron chi connectivity index (χ3n) is 7.39. The van der Waals surface area contributed by atoms with Crippen LogP contribution >= 0.6 is 0 Å². The van der Waals surface area contributed by atoms with Gasteiger partial charge in [0.15, 0.2) is 0 Å². The Balaban J connectivity index is 1.50. The van der Waals surface area contributed by atoms with Crippen LogP contribution < -0.4 is 4.90 Å². The summed E-state index contributed by atoms with van der Waals surface area (Å²) in [6.07, 6.45) is 0. The van der Waals surface area contributed by atoms with E-state index in [1.165, 1.54) is 10.8 Å². The van der Waals surface area contributed by atoms with E-state index in [1.807, 2.05) is 42.5 Å². The summed E-state index contributed by atoms with van der Waals surface area (Å²) in [5.41, 5.74) is 9.36. The van der Waals surface area contributed by atoms with Crippen LogP contribution in [0.15, 0.2) is 152 Å². The van der Waals surface area contributed by atoms with Crippen LogP contribution in [0.3, 0.4) is 0 Å². The van der Waals surface area contributed by atoms with Crippen LogP contribution in [0.4, 0.5) is 17.1 Å². The van der Waals surface area contributed by atoms with Crippen LogP contribution in [0.25, 0.3) is 38.6 Å². The minimum atomic E-state index is 0.645. The van der Waals surface area contributed by atoms with Gasteiger partial charge < -0.3 is 9.47 Å². The van der Waals surface area contributed by atoms with Crippen LogP contribution in [0.1, 0.15) is 5.56 Å². The van der Waals surface area contributed by atoms with Gasteiger partial charge in [-0.05, 0) is 72.3 Å². The molecule has 0 atom stereocenters. The van der Waals surface area contributed by atoms with Crippen LogP contribution in [-0.2, 0) is 0 Å². The van der Waals surface area contributed by atoms with Crippen LogP contribution in [0, 0.1) is 11.3 Å². The van der Waals surface area contributed by atoms with Crippen molar-refractivity contribution in [2.45, 2.75) is 0 Å². The maximum absolute atomic E-state index is 9.68. The molecule has 1 aromatic heterocycles. The Bertz CT molecular complexity index is 1960. The lowest BCUT2D eigenvalue weighted by Gasteiger charge is -2.25. The quantitative estimate of drug-likeness (QED) is 0.230. The molecule has 0 radical (unpaired) electrons. The summed E-state index contributed by atoms with van der Waals surface area (Å²) in [4.78, 5) is 2.29. The lowest BCUT2D eigenvalue weighted by Crippen LogP contribution is -2.09. The van der Waals surface area contributed by atoms with E-state index in [0.717, 1.165) is 44.9 Å². The van der Waals surface area contributed by atoms with Crippen LogP contribution in [0.5, 0.6) is 0 Å². The number of nitriles is 1. The molecule has 3 heteroatoms. The van der Waals surface area contributed by atoms with Crippen molar-refractivity contribution in [3.8, 4) is 22.9 Å². The van der Waals surface area contributed by atoms with Crippen LogP contribution in [0.2, 0.25) is 0 Å². The molecule has 7 aromatic rings. The third-order valence-corrected chi connectivity index (χ3v) is 7.39. The average Bonchev–Trinajstić information content (AvgIpc) is 3.36. The maximum atomic E-state index is 9.68. The lowest BCUT2D eigenvalue weighted by atomic mass is 10.0. The fraction of sp³-hybridized carbons (Fsp3) is 0. The first kappa shape index (κ1) is 23.5. The number of nitrogens with zero attached hydrogens (tertiary/aromatic N) is 3. The van der Waals surface area contributed by atoms with Crippen LogP contribution in [-0.4, -0.2) is 4.57 Å². The zero-order valence-corrected chi connectivity index (χ0v) is 21.8. The topological polar surface area (TPSA) is 32.0 Å².